The van der Waals surface area contributed by atoms with E-state index in [1.54, 1.807) is 0 Å². The number of ether oxygens (including phenoxy) is 1. The fourth-order valence-corrected chi connectivity index (χ4v) is 4.62. The number of hydrogen-bond acceptors (Lipinski definition) is 2. The van der Waals surface area contributed by atoms with E-state index >= 15 is 0 Å². The third kappa shape index (κ3) is 14.8. The minimum absolute atomic E-state index is 0.239. The van der Waals surface area contributed by atoms with Gasteiger partial charge in [-0.1, -0.05) is 117 Å². The molecule has 1 aliphatic rings. The Labute approximate surface area is 211 Å². The van der Waals surface area contributed by atoms with E-state index in [2.05, 4.69) is 42.6 Å². The van der Waals surface area contributed by atoms with E-state index in [0.717, 1.165) is 26.1 Å². The average Bonchev–Trinajstić information content (AvgIpc) is 2.86. The highest BCUT2D eigenvalue weighted by molar-refractivity contribution is 5.97. The normalized spacial score (nSPS) is 15.4. The van der Waals surface area contributed by atoms with Gasteiger partial charge in [0.1, 0.15) is 0 Å². The van der Waals surface area contributed by atoms with Gasteiger partial charge in [0.2, 0.25) is 0 Å². The zero-order valence-electron chi connectivity index (χ0n) is 22.9. The van der Waals surface area contributed by atoms with Crippen molar-refractivity contribution in [3.63, 3.8) is 0 Å². The highest BCUT2D eigenvalue weighted by atomic mass is 16.5. The molecule has 4 heteroatoms. The Kier molecular flexibility index (Phi) is 19.9. The molecule has 196 valence electrons. The van der Waals surface area contributed by atoms with Crippen LogP contribution in [0.25, 0.3) is 5.53 Å². The fourth-order valence-electron chi connectivity index (χ4n) is 4.62. The van der Waals surface area contributed by atoms with Crippen molar-refractivity contribution in [3.05, 3.63) is 29.5 Å². The van der Waals surface area contributed by atoms with E-state index in [1.807, 2.05) is 6.08 Å². The summed E-state index contributed by atoms with van der Waals surface area (Å²) >= 11 is 0. The van der Waals surface area contributed by atoms with E-state index < -0.39 is 0 Å². The van der Waals surface area contributed by atoms with Crippen LogP contribution < -0.4 is 0 Å². The van der Waals surface area contributed by atoms with Gasteiger partial charge in [0.05, 0.1) is 0 Å². The minimum Gasteiger partial charge on any atom is -0.372 e. The maximum absolute atomic E-state index is 9.49. The lowest BCUT2D eigenvalue weighted by Crippen LogP contribution is -2.31. The van der Waals surface area contributed by atoms with Gasteiger partial charge in [-0.25, -0.2) is 0 Å². The topological polar surface area (TPSA) is 48.9 Å². The van der Waals surface area contributed by atoms with Gasteiger partial charge in [0.15, 0.2) is 6.10 Å². The molecule has 1 aliphatic carbocycles. The Balaban J connectivity index is 2.60. The van der Waals surface area contributed by atoms with Gasteiger partial charge in [0, 0.05) is 31.5 Å². The maximum Gasteiger partial charge on any atom is 0.324 e. The van der Waals surface area contributed by atoms with Crippen LogP contribution in [0.4, 0.5) is 0 Å². The van der Waals surface area contributed by atoms with Crippen LogP contribution in [0.3, 0.4) is 0 Å². The van der Waals surface area contributed by atoms with Crippen LogP contribution in [0.1, 0.15) is 136 Å². The molecule has 0 aromatic heterocycles. The molecule has 0 bridgehead atoms. The molecule has 0 fully saturated rings. The lowest BCUT2D eigenvalue weighted by Gasteiger charge is -2.28. The summed E-state index contributed by atoms with van der Waals surface area (Å²) in [4.78, 5) is 6.06. The summed E-state index contributed by atoms with van der Waals surface area (Å²) in [6, 6.07) is 0. The first-order valence-corrected chi connectivity index (χ1v) is 14.7. The molecule has 34 heavy (non-hydrogen) atoms. The Morgan fingerprint density at radius 3 is 1.65 bits per heavy atom. The number of rotatable bonds is 23. The second kappa shape index (κ2) is 22.1. The molecule has 1 rings (SSSR count). The van der Waals surface area contributed by atoms with Gasteiger partial charge in [-0.2, -0.15) is 4.79 Å². The Morgan fingerprint density at radius 2 is 1.15 bits per heavy atom. The van der Waals surface area contributed by atoms with Crippen molar-refractivity contribution in [2.75, 3.05) is 19.7 Å². The monoisotopic (exact) mass is 473 g/mol. The van der Waals surface area contributed by atoms with Crippen molar-refractivity contribution < 1.29 is 9.53 Å². The highest BCUT2D eigenvalue weighted by Crippen LogP contribution is 2.19. The van der Waals surface area contributed by atoms with Gasteiger partial charge in [-0.15, -0.1) is 0 Å². The summed E-state index contributed by atoms with van der Waals surface area (Å²) in [6.45, 7) is 9.74. The van der Waals surface area contributed by atoms with Crippen LogP contribution in [0.5, 0.6) is 0 Å². The third-order valence-electron chi connectivity index (χ3n) is 6.88. The Bertz CT molecular complexity index is 576. The molecule has 0 saturated carbocycles. The molecular weight excluding hydrogens is 418 g/mol. The summed E-state index contributed by atoms with van der Waals surface area (Å²) in [5, 5.41) is 0. The first-order chi connectivity index (χ1) is 16.8. The molecule has 0 heterocycles. The van der Waals surface area contributed by atoms with Crippen LogP contribution in [-0.4, -0.2) is 41.2 Å². The van der Waals surface area contributed by atoms with Crippen LogP contribution in [0.2, 0.25) is 0 Å². The SMILES string of the molecule is CCCCCCCCOC1C=C(N(CCCCCCCC)CCCCCCCC)C=CC1=[N+]=[N-]. The molecule has 0 aliphatic heterocycles. The van der Waals surface area contributed by atoms with E-state index in [0.29, 0.717) is 5.71 Å². The fraction of sp³-hybridized carbons (Fsp3) is 0.833. The van der Waals surface area contributed by atoms with Crippen molar-refractivity contribution >= 4 is 5.71 Å². The second-order valence-electron chi connectivity index (χ2n) is 10.0. The second-order valence-corrected chi connectivity index (χ2v) is 10.0. The van der Waals surface area contributed by atoms with Gasteiger partial charge >= 0.3 is 5.71 Å². The quantitative estimate of drug-likeness (QED) is 0.0845. The summed E-state index contributed by atoms with van der Waals surface area (Å²) < 4.78 is 6.17. The first kappa shape index (κ1) is 30.7. The predicted molar refractivity (Wildman–Crippen MR) is 147 cm³/mol. The van der Waals surface area contributed by atoms with E-state index in [1.165, 1.54) is 115 Å². The van der Waals surface area contributed by atoms with Gasteiger partial charge in [-0.05, 0) is 31.4 Å². The first-order valence-electron chi connectivity index (χ1n) is 14.7. The van der Waals surface area contributed by atoms with Crippen molar-refractivity contribution in [1.29, 1.82) is 0 Å². The zero-order chi connectivity index (χ0) is 24.7. The summed E-state index contributed by atoms with van der Waals surface area (Å²) in [5.74, 6) is 0. The van der Waals surface area contributed by atoms with Crippen molar-refractivity contribution in [2.24, 2.45) is 0 Å². The zero-order valence-corrected chi connectivity index (χ0v) is 22.9. The van der Waals surface area contributed by atoms with E-state index in [4.69, 9.17) is 4.74 Å². The molecule has 0 aromatic rings. The van der Waals surface area contributed by atoms with Crippen molar-refractivity contribution in [3.8, 4) is 0 Å². The predicted octanol–water partition coefficient (Wildman–Crippen LogP) is 8.88. The number of unbranched alkanes of at least 4 members (excludes halogenated alkanes) is 15. The number of allylic oxidation sites excluding steroid dienone is 1. The summed E-state index contributed by atoms with van der Waals surface area (Å²) in [7, 11) is 0. The van der Waals surface area contributed by atoms with Gasteiger partial charge < -0.3 is 15.2 Å². The summed E-state index contributed by atoms with van der Waals surface area (Å²) in [5.41, 5.74) is 11.3. The number of hydrogen-bond donors (Lipinski definition) is 0. The Morgan fingerprint density at radius 1 is 0.676 bits per heavy atom. The lowest BCUT2D eigenvalue weighted by atomic mass is 10.0. The smallest absolute Gasteiger partial charge is 0.324 e. The maximum atomic E-state index is 9.49. The molecule has 0 radical (unpaired) electrons. The van der Waals surface area contributed by atoms with Crippen LogP contribution in [-0.2, 0) is 4.74 Å². The molecule has 1 atom stereocenters. The molecule has 4 nitrogen and oxygen atoms in total. The highest BCUT2D eigenvalue weighted by Gasteiger charge is 2.25. The van der Waals surface area contributed by atoms with Crippen LogP contribution >= 0.6 is 0 Å². The molecular formula is C30H55N3O. The summed E-state index contributed by atoms with van der Waals surface area (Å²) in [6.07, 6.45) is 29.4. The molecule has 0 aromatic carbocycles. The van der Waals surface area contributed by atoms with Crippen molar-refractivity contribution in [1.82, 2.24) is 4.90 Å². The number of nitrogens with zero attached hydrogens (tertiary/aromatic N) is 3. The molecule has 0 spiro atoms. The molecule has 1 unspecified atom stereocenters. The van der Waals surface area contributed by atoms with Crippen molar-refractivity contribution in [2.45, 2.75) is 142 Å². The van der Waals surface area contributed by atoms with Crippen LogP contribution in [0, 0.1) is 0 Å². The minimum atomic E-state index is -0.239. The van der Waals surface area contributed by atoms with Gasteiger partial charge in [-0.3, -0.25) is 0 Å². The Hall–Kier alpha value is -1.38. The average molecular weight is 474 g/mol. The molecule has 0 amide bonds. The standard InChI is InChI=1S/C30H55N3O/c1-4-7-10-13-16-19-24-33(25-20-17-14-11-8-5-2)28-22-23-29(32-31)30(27-28)34-26-21-18-15-12-9-6-3/h22-23,27,30H,4-21,24-26H2,1-3H3. The van der Waals surface area contributed by atoms with Crippen LogP contribution in [0.15, 0.2) is 23.9 Å². The molecule has 0 saturated heterocycles. The largest absolute Gasteiger partial charge is 0.372 e. The van der Waals surface area contributed by atoms with E-state index in [-0.39, 0.29) is 6.10 Å². The van der Waals surface area contributed by atoms with E-state index in [9.17, 15) is 5.53 Å². The van der Waals surface area contributed by atoms with Gasteiger partial charge in [0.25, 0.3) is 0 Å². The third-order valence-corrected chi connectivity index (χ3v) is 6.88. The lowest BCUT2D eigenvalue weighted by molar-refractivity contribution is -0.0230. The molecule has 0 N–H and O–H groups in total.